The second kappa shape index (κ2) is 8.08. The second-order valence-corrected chi connectivity index (χ2v) is 5.68. The molecule has 0 bridgehead atoms. The Balaban J connectivity index is 0.00000264. The molecule has 9 heteroatoms. The first-order chi connectivity index (χ1) is 10.3. The molecule has 2 rings (SSSR count). The third-order valence-electron chi connectivity index (χ3n) is 3.53. The minimum atomic E-state index is -4.46. The van der Waals surface area contributed by atoms with Gasteiger partial charge in [-0.1, -0.05) is 18.5 Å². The first-order valence-corrected chi connectivity index (χ1v) is 7.15. The predicted molar refractivity (Wildman–Crippen MR) is 84.4 cm³/mol. The highest BCUT2D eigenvalue weighted by atomic mass is 35.5. The molecule has 1 aromatic rings. The largest absolute Gasteiger partial charge is 0.482 e. The molecule has 1 unspecified atom stereocenters. The van der Waals surface area contributed by atoms with Gasteiger partial charge >= 0.3 is 6.18 Å². The van der Waals surface area contributed by atoms with Gasteiger partial charge in [0.05, 0.1) is 5.69 Å². The van der Waals surface area contributed by atoms with Crippen LogP contribution in [-0.2, 0) is 4.79 Å². The molecular formula is C14H17Cl2F3N2O2. The van der Waals surface area contributed by atoms with Gasteiger partial charge in [-0.05, 0) is 31.1 Å². The van der Waals surface area contributed by atoms with Crippen LogP contribution in [0.1, 0.15) is 6.92 Å². The molecule has 1 fully saturated rings. The first-order valence-electron chi connectivity index (χ1n) is 6.77. The fourth-order valence-corrected chi connectivity index (χ4v) is 2.17. The Labute approximate surface area is 143 Å². The molecule has 1 atom stereocenters. The van der Waals surface area contributed by atoms with E-state index in [0.717, 1.165) is 13.1 Å². The fourth-order valence-electron chi connectivity index (χ4n) is 2.00. The van der Waals surface area contributed by atoms with Crippen molar-refractivity contribution in [1.29, 1.82) is 0 Å². The number of rotatable bonds is 5. The summed E-state index contributed by atoms with van der Waals surface area (Å²) in [5, 5.41) is 5.90. The average molecular weight is 373 g/mol. The molecular weight excluding hydrogens is 356 g/mol. The molecule has 1 aliphatic heterocycles. The van der Waals surface area contributed by atoms with Crippen molar-refractivity contribution < 1.29 is 22.7 Å². The molecule has 1 aromatic carbocycles. The minimum absolute atomic E-state index is 0. The van der Waals surface area contributed by atoms with E-state index in [0.29, 0.717) is 0 Å². The zero-order valence-corrected chi connectivity index (χ0v) is 13.8. The molecule has 23 heavy (non-hydrogen) atoms. The van der Waals surface area contributed by atoms with E-state index in [1.165, 1.54) is 18.2 Å². The number of carbonyl (C=O) groups excluding carboxylic acids is 1. The fraction of sp³-hybridized carbons (Fsp3) is 0.500. The second-order valence-electron chi connectivity index (χ2n) is 5.24. The van der Waals surface area contributed by atoms with Gasteiger partial charge < -0.3 is 15.4 Å². The lowest BCUT2D eigenvalue weighted by Gasteiger charge is -2.31. The van der Waals surface area contributed by atoms with Crippen LogP contribution in [0.15, 0.2) is 18.2 Å². The number of hydrogen-bond acceptors (Lipinski definition) is 3. The van der Waals surface area contributed by atoms with Gasteiger partial charge in [-0.25, -0.2) is 0 Å². The molecule has 0 spiro atoms. The van der Waals surface area contributed by atoms with Crippen LogP contribution in [0.3, 0.4) is 0 Å². The molecule has 130 valence electrons. The van der Waals surface area contributed by atoms with Crippen molar-refractivity contribution in [2.24, 2.45) is 11.8 Å². The number of amides is 1. The van der Waals surface area contributed by atoms with Crippen molar-refractivity contribution >= 4 is 35.6 Å². The van der Waals surface area contributed by atoms with Gasteiger partial charge in [0.25, 0.3) is 0 Å². The molecule has 1 saturated heterocycles. The van der Waals surface area contributed by atoms with Crippen molar-refractivity contribution in [3.63, 3.8) is 0 Å². The van der Waals surface area contributed by atoms with E-state index in [2.05, 4.69) is 10.6 Å². The summed E-state index contributed by atoms with van der Waals surface area (Å²) in [4.78, 5) is 12.1. The summed E-state index contributed by atoms with van der Waals surface area (Å²) in [6.45, 7) is 1.85. The number of ether oxygens (including phenoxy) is 1. The lowest BCUT2D eigenvalue weighted by atomic mass is 9.88. The maximum Gasteiger partial charge on any atom is 0.422 e. The van der Waals surface area contributed by atoms with E-state index in [1.807, 2.05) is 0 Å². The van der Waals surface area contributed by atoms with Crippen molar-refractivity contribution in [1.82, 2.24) is 5.32 Å². The van der Waals surface area contributed by atoms with E-state index in [4.69, 9.17) is 16.3 Å². The lowest BCUT2D eigenvalue weighted by molar-refractivity contribution is -0.153. The summed E-state index contributed by atoms with van der Waals surface area (Å²) in [6, 6.07) is 4.16. The summed E-state index contributed by atoms with van der Waals surface area (Å²) < 4.78 is 41.5. The van der Waals surface area contributed by atoms with Crippen LogP contribution >= 0.6 is 24.0 Å². The van der Waals surface area contributed by atoms with E-state index in [-0.39, 0.29) is 46.6 Å². The Bertz CT molecular complexity index is 551. The van der Waals surface area contributed by atoms with E-state index >= 15 is 0 Å². The Kier molecular flexibility index (Phi) is 6.98. The third kappa shape index (κ3) is 5.75. The van der Waals surface area contributed by atoms with E-state index in [1.54, 1.807) is 6.92 Å². The molecule has 1 amide bonds. The monoisotopic (exact) mass is 372 g/mol. The number of carbonyl (C=O) groups is 1. The molecule has 0 aliphatic carbocycles. The van der Waals surface area contributed by atoms with Crippen LogP contribution in [0.2, 0.25) is 5.02 Å². The Morgan fingerprint density at radius 1 is 1.48 bits per heavy atom. The number of halogens is 5. The summed E-state index contributed by atoms with van der Waals surface area (Å²) in [5.41, 5.74) is 0.179. The number of benzene rings is 1. The standard InChI is InChI=1S/C14H16ClF3N2O2.ClH/c1-8(9-5-19-6-9)13(21)20-11-3-2-10(15)4-12(11)22-7-14(16,17)18;/h2-4,8-9,19H,5-7H2,1H3,(H,20,21);1H. The summed E-state index contributed by atoms with van der Waals surface area (Å²) in [6.07, 6.45) is -4.46. The molecule has 0 aromatic heterocycles. The van der Waals surface area contributed by atoms with Crippen LogP contribution in [0.4, 0.5) is 18.9 Å². The van der Waals surface area contributed by atoms with Gasteiger partial charge in [-0.2, -0.15) is 13.2 Å². The Morgan fingerprint density at radius 3 is 2.65 bits per heavy atom. The minimum Gasteiger partial charge on any atom is -0.482 e. The molecule has 0 radical (unpaired) electrons. The summed E-state index contributed by atoms with van der Waals surface area (Å²) in [5.74, 6) is -0.373. The predicted octanol–water partition coefficient (Wildman–Crippen LogP) is 3.50. The zero-order valence-electron chi connectivity index (χ0n) is 12.2. The van der Waals surface area contributed by atoms with Crippen LogP contribution in [0, 0.1) is 11.8 Å². The summed E-state index contributed by atoms with van der Waals surface area (Å²) in [7, 11) is 0. The molecule has 1 aliphatic rings. The Hall–Kier alpha value is -1.18. The molecule has 0 saturated carbocycles. The number of nitrogens with one attached hydrogen (secondary N) is 2. The average Bonchev–Trinajstić information content (AvgIpc) is 2.36. The van der Waals surface area contributed by atoms with E-state index in [9.17, 15) is 18.0 Å². The quantitative estimate of drug-likeness (QED) is 0.831. The molecule has 4 nitrogen and oxygen atoms in total. The normalized spacial score (nSPS) is 16.0. The SMILES string of the molecule is CC(C(=O)Nc1ccc(Cl)cc1OCC(F)(F)F)C1CNC1.Cl. The van der Waals surface area contributed by atoms with Gasteiger partial charge in [-0.3, -0.25) is 4.79 Å². The first kappa shape index (κ1) is 19.9. The smallest absolute Gasteiger partial charge is 0.422 e. The van der Waals surface area contributed by atoms with Crippen LogP contribution in [-0.4, -0.2) is 31.8 Å². The summed E-state index contributed by atoms with van der Waals surface area (Å²) >= 11 is 5.77. The van der Waals surface area contributed by atoms with Crippen LogP contribution < -0.4 is 15.4 Å². The van der Waals surface area contributed by atoms with Gasteiger partial charge in [-0.15, -0.1) is 12.4 Å². The maximum atomic E-state index is 12.3. The highest BCUT2D eigenvalue weighted by Crippen LogP contribution is 2.30. The lowest BCUT2D eigenvalue weighted by Crippen LogP contribution is -2.48. The molecule has 2 N–H and O–H groups in total. The highest BCUT2D eigenvalue weighted by molar-refractivity contribution is 6.30. The third-order valence-corrected chi connectivity index (χ3v) is 3.76. The van der Waals surface area contributed by atoms with Gasteiger partial charge in [0.15, 0.2) is 6.61 Å². The van der Waals surface area contributed by atoms with Crippen LogP contribution in [0.5, 0.6) is 5.75 Å². The van der Waals surface area contributed by atoms with Crippen molar-refractivity contribution in [3.8, 4) is 5.75 Å². The Morgan fingerprint density at radius 2 is 2.13 bits per heavy atom. The number of hydrogen-bond donors (Lipinski definition) is 2. The number of alkyl halides is 3. The van der Waals surface area contributed by atoms with Crippen molar-refractivity contribution in [3.05, 3.63) is 23.2 Å². The zero-order chi connectivity index (χ0) is 16.3. The van der Waals surface area contributed by atoms with Crippen molar-refractivity contribution in [2.45, 2.75) is 13.1 Å². The number of anilines is 1. The van der Waals surface area contributed by atoms with Gasteiger partial charge in [0.2, 0.25) is 5.91 Å². The topological polar surface area (TPSA) is 50.4 Å². The van der Waals surface area contributed by atoms with Crippen molar-refractivity contribution in [2.75, 3.05) is 25.0 Å². The highest BCUT2D eigenvalue weighted by Gasteiger charge is 2.30. The van der Waals surface area contributed by atoms with Gasteiger partial charge in [0, 0.05) is 17.0 Å². The van der Waals surface area contributed by atoms with Gasteiger partial charge in [0.1, 0.15) is 5.75 Å². The maximum absolute atomic E-state index is 12.3. The van der Waals surface area contributed by atoms with Crippen LogP contribution in [0.25, 0.3) is 0 Å². The molecule has 1 heterocycles. The van der Waals surface area contributed by atoms with E-state index < -0.39 is 12.8 Å².